The van der Waals surface area contributed by atoms with Gasteiger partial charge in [0.15, 0.2) is 9.84 Å². The molecule has 0 radical (unpaired) electrons. The molecular weight excluding hydrogens is 196 g/mol. The molecule has 0 bridgehead atoms. The zero-order valence-electron chi connectivity index (χ0n) is 6.95. The van der Waals surface area contributed by atoms with Crippen molar-refractivity contribution in [3.05, 3.63) is 0 Å². The van der Waals surface area contributed by atoms with Crippen LogP contribution in [0.1, 0.15) is 6.42 Å². The number of hydrogen-bond donors (Lipinski definition) is 0. The Balaban J connectivity index is 2.53. The van der Waals surface area contributed by atoms with Gasteiger partial charge < -0.3 is 4.79 Å². The Bertz CT molecular complexity index is 256. The number of aldehydes is 1. The van der Waals surface area contributed by atoms with Gasteiger partial charge in [0.1, 0.15) is 6.29 Å². The number of rotatable bonds is 4. The first kappa shape index (κ1) is 10.1. The van der Waals surface area contributed by atoms with Crippen LogP contribution in [0, 0.1) is 5.41 Å². The SMILES string of the molecule is CSCCC1(C=O)CS(=O)(=O)C1. The molecule has 0 aliphatic carbocycles. The van der Waals surface area contributed by atoms with Crippen LogP contribution in [0.5, 0.6) is 0 Å². The van der Waals surface area contributed by atoms with Gasteiger partial charge in [-0.1, -0.05) is 0 Å². The lowest BCUT2D eigenvalue weighted by atomic mass is 9.91. The van der Waals surface area contributed by atoms with Crippen LogP contribution < -0.4 is 0 Å². The van der Waals surface area contributed by atoms with Gasteiger partial charge in [-0.2, -0.15) is 11.8 Å². The van der Waals surface area contributed by atoms with Gasteiger partial charge in [-0.3, -0.25) is 0 Å². The summed E-state index contributed by atoms with van der Waals surface area (Å²) in [6, 6.07) is 0. The highest BCUT2D eigenvalue weighted by atomic mass is 32.2. The monoisotopic (exact) mass is 208 g/mol. The maximum absolute atomic E-state index is 10.9. The maximum Gasteiger partial charge on any atom is 0.152 e. The highest BCUT2D eigenvalue weighted by Gasteiger charge is 2.47. The van der Waals surface area contributed by atoms with E-state index in [2.05, 4.69) is 0 Å². The minimum Gasteiger partial charge on any atom is -0.303 e. The molecule has 70 valence electrons. The quantitative estimate of drug-likeness (QED) is 0.626. The Morgan fingerprint density at radius 3 is 2.42 bits per heavy atom. The molecule has 0 amide bonds. The third kappa shape index (κ3) is 2.01. The average Bonchev–Trinajstić information content (AvgIpc) is 1.96. The van der Waals surface area contributed by atoms with Gasteiger partial charge in [-0.05, 0) is 18.4 Å². The van der Waals surface area contributed by atoms with E-state index < -0.39 is 15.3 Å². The van der Waals surface area contributed by atoms with Crippen LogP contribution in [0.15, 0.2) is 0 Å². The first-order chi connectivity index (χ1) is 5.54. The van der Waals surface area contributed by atoms with E-state index in [1.54, 1.807) is 11.8 Å². The van der Waals surface area contributed by atoms with Gasteiger partial charge in [0.2, 0.25) is 0 Å². The summed E-state index contributed by atoms with van der Waals surface area (Å²) in [7, 11) is -2.87. The summed E-state index contributed by atoms with van der Waals surface area (Å²) >= 11 is 1.64. The predicted octanol–water partition coefficient (Wildman–Crippen LogP) is 0.353. The van der Waals surface area contributed by atoms with E-state index in [9.17, 15) is 13.2 Å². The van der Waals surface area contributed by atoms with Crippen molar-refractivity contribution in [2.24, 2.45) is 5.41 Å². The van der Waals surface area contributed by atoms with Gasteiger partial charge >= 0.3 is 0 Å². The molecule has 0 unspecified atom stereocenters. The smallest absolute Gasteiger partial charge is 0.152 e. The minimum absolute atomic E-state index is 0.0596. The average molecular weight is 208 g/mol. The maximum atomic E-state index is 10.9. The van der Waals surface area contributed by atoms with Gasteiger partial charge in [-0.25, -0.2) is 8.42 Å². The lowest BCUT2D eigenvalue weighted by Crippen LogP contribution is -2.50. The molecule has 12 heavy (non-hydrogen) atoms. The summed E-state index contributed by atoms with van der Waals surface area (Å²) in [5.41, 5.74) is -0.540. The highest BCUT2D eigenvalue weighted by Crippen LogP contribution is 2.34. The van der Waals surface area contributed by atoms with Gasteiger partial charge in [0, 0.05) is 0 Å². The van der Waals surface area contributed by atoms with Crippen LogP contribution in [-0.2, 0) is 14.6 Å². The third-order valence-corrected chi connectivity index (χ3v) is 4.71. The van der Waals surface area contributed by atoms with Crippen LogP contribution in [0.25, 0.3) is 0 Å². The predicted molar refractivity (Wildman–Crippen MR) is 50.1 cm³/mol. The Kier molecular flexibility index (Phi) is 2.83. The summed E-state index contributed by atoms with van der Waals surface area (Å²) in [6.45, 7) is 0. The molecule has 1 fully saturated rings. The fourth-order valence-electron chi connectivity index (χ4n) is 1.41. The molecule has 3 nitrogen and oxygen atoms in total. The number of carbonyl (C=O) groups is 1. The first-order valence-electron chi connectivity index (χ1n) is 3.69. The molecule has 0 aromatic carbocycles. The van der Waals surface area contributed by atoms with E-state index in [-0.39, 0.29) is 11.5 Å². The van der Waals surface area contributed by atoms with Gasteiger partial charge in [0.05, 0.1) is 16.9 Å². The van der Waals surface area contributed by atoms with Crippen molar-refractivity contribution in [3.63, 3.8) is 0 Å². The van der Waals surface area contributed by atoms with Crippen LogP contribution in [0.4, 0.5) is 0 Å². The number of hydrogen-bond acceptors (Lipinski definition) is 4. The summed E-state index contributed by atoms with van der Waals surface area (Å²) in [5, 5.41) is 0. The second-order valence-electron chi connectivity index (χ2n) is 3.26. The van der Waals surface area contributed by atoms with E-state index in [4.69, 9.17) is 0 Å². The molecule has 0 saturated carbocycles. The van der Waals surface area contributed by atoms with Crippen LogP contribution in [0.2, 0.25) is 0 Å². The molecule has 1 heterocycles. The van der Waals surface area contributed by atoms with E-state index >= 15 is 0 Å². The van der Waals surface area contributed by atoms with Crippen LogP contribution >= 0.6 is 11.8 Å². The zero-order valence-corrected chi connectivity index (χ0v) is 8.58. The molecule has 5 heteroatoms. The summed E-state index contributed by atoms with van der Waals surface area (Å²) in [6.07, 6.45) is 3.45. The molecule has 1 rings (SSSR count). The summed E-state index contributed by atoms with van der Waals surface area (Å²) < 4.78 is 21.7. The van der Waals surface area contributed by atoms with Crippen molar-refractivity contribution in [1.82, 2.24) is 0 Å². The van der Waals surface area contributed by atoms with Crippen molar-refractivity contribution in [2.45, 2.75) is 6.42 Å². The topological polar surface area (TPSA) is 51.2 Å². The Morgan fingerprint density at radius 2 is 2.08 bits per heavy atom. The lowest BCUT2D eigenvalue weighted by Gasteiger charge is -2.35. The lowest BCUT2D eigenvalue weighted by molar-refractivity contribution is -0.115. The second kappa shape index (κ2) is 3.38. The largest absolute Gasteiger partial charge is 0.303 e. The van der Waals surface area contributed by atoms with Gasteiger partial charge in [-0.15, -0.1) is 0 Å². The third-order valence-electron chi connectivity index (χ3n) is 2.07. The van der Waals surface area contributed by atoms with E-state index in [1.807, 2.05) is 6.26 Å². The number of thioether (sulfide) groups is 1. The first-order valence-corrected chi connectivity index (χ1v) is 6.91. The molecule has 0 N–H and O–H groups in total. The van der Waals surface area contributed by atoms with Crippen molar-refractivity contribution in [3.8, 4) is 0 Å². The van der Waals surface area contributed by atoms with Crippen molar-refractivity contribution in [1.29, 1.82) is 0 Å². The van der Waals surface area contributed by atoms with Crippen LogP contribution in [0.3, 0.4) is 0 Å². The normalized spacial score (nSPS) is 24.4. The van der Waals surface area contributed by atoms with E-state index in [1.165, 1.54) is 0 Å². The fourth-order valence-corrected chi connectivity index (χ4v) is 4.11. The minimum atomic E-state index is -2.87. The Hall–Kier alpha value is -0.0300. The van der Waals surface area contributed by atoms with E-state index in [0.29, 0.717) is 6.42 Å². The zero-order chi connectivity index (χ0) is 9.24. The molecule has 0 aromatic rings. The molecule has 0 atom stereocenters. The fraction of sp³-hybridized carbons (Fsp3) is 0.857. The second-order valence-corrected chi connectivity index (χ2v) is 6.31. The highest BCUT2D eigenvalue weighted by molar-refractivity contribution is 7.98. The molecule has 1 aliphatic heterocycles. The van der Waals surface area contributed by atoms with E-state index in [0.717, 1.165) is 12.0 Å². The van der Waals surface area contributed by atoms with Crippen LogP contribution in [-0.4, -0.2) is 38.2 Å². The number of sulfone groups is 1. The molecule has 0 spiro atoms. The molecular formula is C7H12O3S2. The summed E-state index contributed by atoms with van der Waals surface area (Å²) in [5.74, 6) is 0.975. The van der Waals surface area contributed by atoms with Gasteiger partial charge in [0.25, 0.3) is 0 Å². The van der Waals surface area contributed by atoms with Crippen molar-refractivity contribution >= 4 is 27.9 Å². The van der Waals surface area contributed by atoms with Crippen molar-refractivity contribution in [2.75, 3.05) is 23.5 Å². The Morgan fingerprint density at radius 1 is 1.50 bits per heavy atom. The van der Waals surface area contributed by atoms with Crippen molar-refractivity contribution < 1.29 is 13.2 Å². The number of carbonyl (C=O) groups excluding carboxylic acids is 1. The summed E-state index contributed by atoms with van der Waals surface area (Å²) in [4.78, 5) is 10.6. The Labute approximate surface area is 76.8 Å². The molecule has 0 aromatic heterocycles. The molecule has 1 aliphatic rings. The standard InChI is InChI=1S/C7H12O3S2/c1-11-3-2-7(4-8)5-12(9,10)6-7/h4H,2-3,5-6H2,1H3. The molecule has 1 saturated heterocycles.